The summed E-state index contributed by atoms with van der Waals surface area (Å²) in [7, 11) is 1.49. The van der Waals surface area contributed by atoms with E-state index in [-0.39, 0.29) is 5.82 Å². The normalized spacial score (nSPS) is 10.1. The fraction of sp³-hybridized carbons (Fsp3) is 0.231. The lowest BCUT2D eigenvalue weighted by Crippen LogP contribution is -2.02. The summed E-state index contributed by atoms with van der Waals surface area (Å²) >= 11 is 0. The van der Waals surface area contributed by atoms with Crippen molar-refractivity contribution in [1.29, 1.82) is 0 Å². The second-order valence-corrected chi connectivity index (χ2v) is 3.79. The Balaban J connectivity index is 2.23. The van der Waals surface area contributed by atoms with Crippen molar-refractivity contribution in [1.82, 2.24) is 9.97 Å². The molecule has 1 aromatic heterocycles. The van der Waals surface area contributed by atoms with Gasteiger partial charge < -0.3 is 15.4 Å². The Kier molecular flexibility index (Phi) is 4.12. The number of halogens is 1. The first-order valence-electron chi connectivity index (χ1n) is 5.89. The molecule has 0 amide bonds. The third-order valence-electron chi connectivity index (χ3n) is 2.45. The number of ether oxygens (including phenoxy) is 1. The maximum Gasteiger partial charge on any atom is 0.145 e. The van der Waals surface area contributed by atoms with Gasteiger partial charge in [-0.25, -0.2) is 14.4 Å². The van der Waals surface area contributed by atoms with Crippen LogP contribution >= 0.6 is 0 Å². The van der Waals surface area contributed by atoms with Crippen LogP contribution in [-0.4, -0.2) is 23.6 Å². The second-order valence-electron chi connectivity index (χ2n) is 3.79. The van der Waals surface area contributed by atoms with Crippen molar-refractivity contribution in [2.24, 2.45) is 0 Å². The lowest BCUT2D eigenvalue weighted by molar-refractivity contribution is 0.413. The molecule has 0 radical (unpaired) electrons. The number of hydrogen-bond donors (Lipinski definition) is 2. The van der Waals surface area contributed by atoms with Gasteiger partial charge in [0.1, 0.15) is 29.5 Å². The first kappa shape index (κ1) is 13.1. The van der Waals surface area contributed by atoms with Crippen molar-refractivity contribution in [3.63, 3.8) is 0 Å². The van der Waals surface area contributed by atoms with Gasteiger partial charge in [0.05, 0.1) is 12.8 Å². The summed E-state index contributed by atoms with van der Waals surface area (Å²) in [5, 5.41) is 6.16. The first-order chi connectivity index (χ1) is 9.22. The Morgan fingerprint density at radius 2 is 2.00 bits per heavy atom. The van der Waals surface area contributed by atoms with Crippen LogP contribution in [0.5, 0.6) is 5.75 Å². The van der Waals surface area contributed by atoms with E-state index in [0.717, 1.165) is 12.4 Å². The second kappa shape index (κ2) is 5.99. The van der Waals surface area contributed by atoms with Gasteiger partial charge in [0.25, 0.3) is 0 Å². The van der Waals surface area contributed by atoms with Gasteiger partial charge in [-0.15, -0.1) is 0 Å². The third kappa shape index (κ3) is 3.31. The smallest absolute Gasteiger partial charge is 0.145 e. The van der Waals surface area contributed by atoms with Gasteiger partial charge in [0, 0.05) is 18.7 Å². The van der Waals surface area contributed by atoms with Gasteiger partial charge in [0.2, 0.25) is 0 Å². The van der Waals surface area contributed by atoms with Crippen LogP contribution in [0.1, 0.15) is 6.92 Å². The van der Waals surface area contributed by atoms with Crippen LogP contribution in [0, 0.1) is 5.82 Å². The number of rotatable bonds is 5. The molecule has 0 aliphatic heterocycles. The molecule has 5 nitrogen and oxygen atoms in total. The Labute approximate surface area is 110 Å². The van der Waals surface area contributed by atoms with Gasteiger partial charge in [-0.1, -0.05) is 0 Å². The zero-order valence-electron chi connectivity index (χ0n) is 10.8. The lowest BCUT2D eigenvalue weighted by atomic mass is 10.3. The van der Waals surface area contributed by atoms with Crippen LogP contribution in [0.25, 0.3) is 0 Å². The van der Waals surface area contributed by atoms with Crippen LogP contribution in [0.2, 0.25) is 0 Å². The Hall–Kier alpha value is -2.37. The standard InChI is InChI=1S/C13H15FN4O/c1-3-15-12-7-13(17-8-16-12)18-10-5-4-9(14)6-11(10)19-2/h4-8H,3H2,1-2H3,(H2,15,16,17,18). The maximum absolute atomic E-state index is 13.1. The van der Waals surface area contributed by atoms with Gasteiger partial charge >= 0.3 is 0 Å². The molecule has 0 saturated carbocycles. The quantitative estimate of drug-likeness (QED) is 0.867. The fourth-order valence-electron chi connectivity index (χ4n) is 1.61. The molecular weight excluding hydrogens is 247 g/mol. The molecule has 2 aromatic rings. The number of benzene rings is 1. The summed E-state index contributed by atoms with van der Waals surface area (Å²) in [6.45, 7) is 2.76. The van der Waals surface area contributed by atoms with Crippen LogP contribution in [0.15, 0.2) is 30.6 Å². The minimum Gasteiger partial charge on any atom is -0.494 e. The lowest BCUT2D eigenvalue weighted by Gasteiger charge is -2.11. The van der Waals surface area contributed by atoms with Crippen molar-refractivity contribution >= 4 is 17.3 Å². The number of aromatic nitrogens is 2. The molecule has 0 unspecified atom stereocenters. The molecule has 1 aromatic carbocycles. The van der Waals surface area contributed by atoms with Crippen molar-refractivity contribution in [3.8, 4) is 5.75 Å². The van der Waals surface area contributed by atoms with Crippen LogP contribution in [0.4, 0.5) is 21.7 Å². The minimum absolute atomic E-state index is 0.349. The number of methoxy groups -OCH3 is 1. The van der Waals surface area contributed by atoms with E-state index in [9.17, 15) is 4.39 Å². The Morgan fingerprint density at radius 3 is 2.74 bits per heavy atom. The largest absolute Gasteiger partial charge is 0.494 e. The van der Waals surface area contributed by atoms with Crippen molar-refractivity contribution in [2.45, 2.75) is 6.92 Å². The zero-order valence-corrected chi connectivity index (χ0v) is 10.8. The number of nitrogens with one attached hydrogen (secondary N) is 2. The summed E-state index contributed by atoms with van der Waals surface area (Å²) in [5.74, 6) is 1.40. The molecule has 6 heteroatoms. The average molecular weight is 262 g/mol. The third-order valence-corrected chi connectivity index (χ3v) is 2.45. The van der Waals surface area contributed by atoms with E-state index in [4.69, 9.17) is 4.74 Å². The van der Waals surface area contributed by atoms with E-state index in [0.29, 0.717) is 17.3 Å². The highest BCUT2D eigenvalue weighted by Gasteiger charge is 2.06. The van der Waals surface area contributed by atoms with E-state index in [1.807, 2.05) is 6.92 Å². The molecule has 2 N–H and O–H groups in total. The fourth-order valence-corrected chi connectivity index (χ4v) is 1.61. The molecule has 1 heterocycles. The average Bonchev–Trinajstić information content (AvgIpc) is 2.41. The van der Waals surface area contributed by atoms with Crippen molar-refractivity contribution in [3.05, 3.63) is 36.4 Å². The van der Waals surface area contributed by atoms with E-state index in [2.05, 4.69) is 20.6 Å². The molecule has 0 aliphatic carbocycles. The molecule has 100 valence electrons. The maximum atomic E-state index is 13.1. The van der Waals surface area contributed by atoms with Crippen LogP contribution < -0.4 is 15.4 Å². The molecule has 0 aliphatic rings. The highest BCUT2D eigenvalue weighted by Crippen LogP contribution is 2.27. The summed E-state index contributed by atoms with van der Waals surface area (Å²) in [4.78, 5) is 8.18. The van der Waals surface area contributed by atoms with E-state index in [1.54, 1.807) is 12.1 Å². The highest BCUT2D eigenvalue weighted by atomic mass is 19.1. The SMILES string of the molecule is CCNc1cc(Nc2ccc(F)cc2OC)ncn1. The van der Waals surface area contributed by atoms with Crippen LogP contribution in [-0.2, 0) is 0 Å². The zero-order chi connectivity index (χ0) is 13.7. The highest BCUT2D eigenvalue weighted by molar-refractivity contribution is 5.65. The van der Waals surface area contributed by atoms with Gasteiger partial charge in [-0.3, -0.25) is 0 Å². The Bertz CT molecular complexity index is 562. The van der Waals surface area contributed by atoms with Crippen molar-refractivity contribution < 1.29 is 9.13 Å². The van der Waals surface area contributed by atoms with E-state index >= 15 is 0 Å². The number of nitrogens with zero attached hydrogens (tertiary/aromatic N) is 2. The summed E-state index contributed by atoms with van der Waals surface area (Å²) in [5.41, 5.74) is 0.644. The van der Waals surface area contributed by atoms with Crippen molar-refractivity contribution in [2.75, 3.05) is 24.3 Å². The van der Waals surface area contributed by atoms with Gasteiger partial charge in [-0.2, -0.15) is 0 Å². The molecule has 0 fully saturated rings. The van der Waals surface area contributed by atoms with Gasteiger partial charge in [-0.05, 0) is 19.1 Å². The number of anilines is 3. The molecule has 2 rings (SSSR count). The molecule has 19 heavy (non-hydrogen) atoms. The Morgan fingerprint density at radius 1 is 1.21 bits per heavy atom. The predicted octanol–water partition coefficient (Wildman–Crippen LogP) is 2.80. The molecular formula is C13H15FN4O. The molecule has 0 saturated heterocycles. The number of hydrogen-bond acceptors (Lipinski definition) is 5. The first-order valence-corrected chi connectivity index (χ1v) is 5.89. The molecule has 0 spiro atoms. The van der Waals surface area contributed by atoms with Crippen LogP contribution in [0.3, 0.4) is 0 Å². The topological polar surface area (TPSA) is 59.1 Å². The van der Waals surface area contributed by atoms with Gasteiger partial charge in [0.15, 0.2) is 0 Å². The minimum atomic E-state index is -0.349. The molecule has 0 atom stereocenters. The molecule has 0 bridgehead atoms. The summed E-state index contributed by atoms with van der Waals surface area (Å²) < 4.78 is 18.2. The van der Waals surface area contributed by atoms with E-state index < -0.39 is 0 Å². The summed E-state index contributed by atoms with van der Waals surface area (Å²) in [6, 6.07) is 6.04. The predicted molar refractivity (Wildman–Crippen MR) is 72.4 cm³/mol. The van der Waals surface area contributed by atoms with E-state index in [1.165, 1.54) is 25.6 Å². The summed E-state index contributed by atoms with van der Waals surface area (Å²) in [6.07, 6.45) is 1.45. The monoisotopic (exact) mass is 262 g/mol.